The van der Waals surface area contributed by atoms with Crippen molar-refractivity contribution in [3.8, 4) is 11.5 Å². The van der Waals surface area contributed by atoms with Crippen LogP contribution in [0.5, 0.6) is 11.5 Å². The molecule has 0 unspecified atom stereocenters. The number of carbonyl (C=O) groups excluding carboxylic acids is 1. The summed E-state index contributed by atoms with van der Waals surface area (Å²) in [7, 11) is -2.85. The van der Waals surface area contributed by atoms with Gasteiger partial charge in [-0.3, -0.25) is 19.8 Å². The van der Waals surface area contributed by atoms with Gasteiger partial charge in [-0.2, -0.15) is 8.42 Å². The van der Waals surface area contributed by atoms with E-state index in [1.165, 1.54) is 31.4 Å². The van der Waals surface area contributed by atoms with E-state index in [4.69, 9.17) is 4.74 Å². The number of hydrogen-bond acceptors (Lipinski definition) is 8. The van der Waals surface area contributed by atoms with Crippen LogP contribution in [0.4, 0.5) is 5.69 Å². The lowest BCUT2D eigenvalue weighted by molar-refractivity contribution is -0.384. The number of nitro benzene ring substituents is 1. The second-order valence-electron chi connectivity index (χ2n) is 6.35. The molecule has 3 rings (SSSR count). The smallest absolute Gasteiger partial charge is 0.284 e. The van der Waals surface area contributed by atoms with Crippen LogP contribution in [0.3, 0.4) is 0 Å². The molecule has 1 fully saturated rings. The molecule has 1 heterocycles. The second-order valence-corrected chi connectivity index (χ2v) is 8.96. The Morgan fingerprint density at radius 3 is 2.56 bits per heavy atom. The summed E-state index contributed by atoms with van der Waals surface area (Å²) in [6, 6.07) is 8.78. The highest BCUT2D eigenvalue weighted by molar-refractivity contribution is 8.19. The fraction of sp³-hybridized carbons (Fsp3) is 0.100. The Balaban J connectivity index is 1.98. The van der Waals surface area contributed by atoms with Gasteiger partial charge in [-0.05, 0) is 47.7 Å². The van der Waals surface area contributed by atoms with Crippen molar-refractivity contribution in [3.05, 3.63) is 75.7 Å². The number of phenolic OH excluding ortho intramolecular Hbond substituents is 1. The van der Waals surface area contributed by atoms with E-state index < -0.39 is 20.9 Å². The average molecular weight is 476 g/mol. The zero-order valence-corrected chi connectivity index (χ0v) is 18.3. The molecule has 0 aromatic heterocycles. The minimum absolute atomic E-state index is 0.0245. The van der Waals surface area contributed by atoms with Gasteiger partial charge in [0, 0.05) is 18.7 Å². The van der Waals surface area contributed by atoms with Crippen molar-refractivity contribution in [2.24, 2.45) is 4.40 Å². The first-order chi connectivity index (χ1) is 15.2. The monoisotopic (exact) mass is 475 g/mol. The maximum absolute atomic E-state index is 12.8. The molecule has 12 heteroatoms. The zero-order chi connectivity index (χ0) is 23.5. The molecule has 1 aliphatic heterocycles. The van der Waals surface area contributed by atoms with Crippen molar-refractivity contribution in [3.63, 3.8) is 0 Å². The fourth-order valence-electron chi connectivity index (χ4n) is 2.70. The first-order valence-corrected chi connectivity index (χ1v) is 11.2. The molecular weight excluding hydrogens is 458 g/mol. The standard InChI is InChI=1S/C20H17N3O7S2/c1-3-10-22-19(25)18(12-13-4-9-16(24)17(11-13)30-2)31-20(22)21-32(28,29)15-7-5-14(6-8-15)23(26)27/h3-9,11-12,24H,1,10H2,2H3/b18-12+,21-20?. The van der Waals surface area contributed by atoms with Gasteiger partial charge in [-0.1, -0.05) is 12.1 Å². The lowest BCUT2D eigenvalue weighted by Crippen LogP contribution is -2.29. The van der Waals surface area contributed by atoms with Crippen molar-refractivity contribution in [1.29, 1.82) is 0 Å². The summed E-state index contributed by atoms with van der Waals surface area (Å²) < 4.78 is 34.3. The van der Waals surface area contributed by atoms with E-state index >= 15 is 0 Å². The van der Waals surface area contributed by atoms with Crippen LogP contribution in [0, 0.1) is 10.1 Å². The Hall–Kier alpha value is -3.64. The fourth-order valence-corrected chi connectivity index (χ4v) is 4.89. The number of nitrogens with zero attached hydrogens (tertiary/aromatic N) is 3. The van der Waals surface area contributed by atoms with Crippen LogP contribution in [0.1, 0.15) is 5.56 Å². The van der Waals surface area contributed by atoms with Gasteiger partial charge >= 0.3 is 0 Å². The summed E-state index contributed by atoms with van der Waals surface area (Å²) in [6.45, 7) is 3.60. The van der Waals surface area contributed by atoms with Gasteiger partial charge in [0.1, 0.15) is 0 Å². The first-order valence-electron chi connectivity index (χ1n) is 8.95. The van der Waals surface area contributed by atoms with Gasteiger partial charge in [0.25, 0.3) is 21.6 Å². The minimum Gasteiger partial charge on any atom is -0.504 e. The number of hydrogen-bond donors (Lipinski definition) is 1. The minimum atomic E-state index is -4.24. The number of thioether (sulfide) groups is 1. The average Bonchev–Trinajstić information content (AvgIpc) is 3.03. The van der Waals surface area contributed by atoms with Crippen molar-refractivity contribution in [2.75, 3.05) is 13.7 Å². The zero-order valence-electron chi connectivity index (χ0n) is 16.7. The lowest BCUT2D eigenvalue weighted by Gasteiger charge is -2.12. The number of benzene rings is 2. The van der Waals surface area contributed by atoms with Crippen LogP contribution >= 0.6 is 11.8 Å². The lowest BCUT2D eigenvalue weighted by atomic mass is 10.2. The Morgan fingerprint density at radius 2 is 1.97 bits per heavy atom. The number of nitro groups is 1. The summed E-state index contributed by atoms with van der Waals surface area (Å²) in [5.41, 5.74) is 0.290. The van der Waals surface area contributed by atoms with Crippen LogP contribution in [-0.2, 0) is 14.8 Å². The van der Waals surface area contributed by atoms with Gasteiger partial charge in [-0.15, -0.1) is 11.0 Å². The third-order valence-corrected chi connectivity index (χ3v) is 6.65. The summed E-state index contributed by atoms with van der Waals surface area (Å²) >= 11 is 0.858. The molecule has 1 saturated heterocycles. The SMILES string of the molecule is C=CCN1C(=O)/C(=C\c2ccc(O)c(OC)c2)SC1=NS(=O)(=O)c1ccc([N+](=O)[O-])cc1. The van der Waals surface area contributed by atoms with E-state index in [0.717, 1.165) is 40.9 Å². The summed E-state index contributed by atoms with van der Waals surface area (Å²) in [4.78, 5) is 24.1. The van der Waals surface area contributed by atoms with Crippen molar-refractivity contribution < 1.29 is 28.0 Å². The maximum atomic E-state index is 12.8. The maximum Gasteiger partial charge on any atom is 0.284 e. The number of rotatable bonds is 7. The van der Waals surface area contributed by atoms with Crippen molar-refractivity contribution in [1.82, 2.24) is 4.90 Å². The number of phenols is 1. The van der Waals surface area contributed by atoms with Crippen LogP contribution in [0.25, 0.3) is 6.08 Å². The quantitative estimate of drug-likeness (QED) is 0.279. The molecule has 1 amide bonds. The van der Waals surface area contributed by atoms with Gasteiger partial charge < -0.3 is 9.84 Å². The number of sulfonamides is 1. The van der Waals surface area contributed by atoms with Gasteiger partial charge in [0.05, 0.1) is 21.8 Å². The predicted molar refractivity (Wildman–Crippen MR) is 120 cm³/mol. The molecule has 32 heavy (non-hydrogen) atoms. The van der Waals surface area contributed by atoms with E-state index in [0.29, 0.717) is 5.56 Å². The number of methoxy groups -OCH3 is 1. The number of aromatic hydroxyl groups is 1. The van der Waals surface area contributed by atoms with E-state index in [1.54, 1.807) is 6.07 Å². The molecule has 166 valence electrons. The van der Waals surface area contributed by atoms with E-state index in [1.807, 2.05) is 0 Å². The van der Waals surface area contributed by atoms with E-state index in [9.17, 15) is 28.4 Å². The van der Waals surface area contributed by atoms with Gasteiger partial charge in [0.15, 0.2) is 16.7 Å². The Bertz CT molecular complexity index is 1250. The molecule has 1 aliphatic rings. The highest BCUT2D eigenvalue weighted by atomic mass is 32.2. The highest BCUT2D eigenvalue weighted by Gasteiger charge is 2.34. The number of ether oxygens (including phenoxy) is 1. The molecule has 0 saturated carbocycles. The topological polar surface area (TPSA) is 139 Å². The predicted octanol–water partition coefficient (Wildman–Crippen LogP) is 3.16. The highest BCUT2D eigenvalue weighted by Crippen LogP contribution is 2.35. The van der Waals surface area contributed by atoms with Gasteiger partial charge in [0.2, 0.25) is 0 Å². The van der Waals surface area contributed by atoms with E-state index in [2.05, 4.69) is 11.0 Å². The molecule has 0 spiro atoms. The number of amides is 1. The molecular formula is C20H17N3O7S2. The molecule has 0 bridgehead atoms. The Kier molecular flexibility index (Phi) is 6.65. The van der Waals surface area contributed by atoms with E-state index in [-0.39, 0.29) is 38.7 Å². The largest absolute Gasteiger partial charge is 0.504 e. The summed E-state index contributed by atoms with van der Waals surface area (Å²) in [6.07, 6.45) is 2.95. The van der Waals surface area contributed by atoms with Crippen molar-refractivity contribution >= 4 is 44.6 Å². The second kappa shape index (κ2) is 9.24. The molecule has 0 radical (unpaired) electrons. The Morgan fingerprint density at radius 1 is 1.28 bits per heavy atom. The molecule has 1 N–H and O–H groups in total. The van der Waals surface area contributed by atoms with Crippen molar-refractivity contribution in [2.45, 2.75) is 4.90 Å². The summed E-state index contributed by atoms with van der Waals surface area (Å²) in [5, 5.41) is 20.4. The third-order valence-electron chi connectivity index (χ3n) is 4.24. The van der Waals surface area contributed by atoms with Gasteiger partial charge in [-0.25, -0.2) is 0 Å². The van der Waals surface area contributed by atoms with Crippen LogP contribution in [-0.4, -0.2) is 48.1 Å². The molecule has 0 aliphatic carbocycles. The molecule has 2 aromatic carbocycles. The summed E-state index contributed by atoms with van der Waals surface area (Å²) in [5.74, 6) is -0.322. The molecule has 0 atom stereocenters. The third kappa shape index (κ3) is 4.81. The number of non-ortho nitro benzene ring substituents is 1. The number of amidine groups is 1. The Labute approximate surface area is 187 Å². The van der Waals surface area contributed by atoms with Crippen LogP contribution in [0.2, 0.25) is 0 Å². The first kappa shape index (κ1) is 23.0. The van der Waals surface area contributed by atoms with Crippen LogP contribution < -0.4 is 4.74 Å². The van der Waals surface area contributed by atoms with Crippen LogP contribution in [0.15, 0.2) is 69.3 Å². The normalized spacial score (nSPS) is 16.5. The molecule has 10 nitrogen and oxygen atoms in total. The number of carbonyl (C=O) groups is 1. The molecule has 2 aromatic rings.